The van der Waals surface area contributed by atoms with Crippen molar-refractivity contribution in [3.63, 3.8) is 0 Å². The lowest BCUT2D eigenvalue weighted by molar-refractivity contribution is -0.136. The zero-order valence-corrected chi connectivity index (χ0v) is 10.9. The Labute approximate surface area is 112 Å². The van der Waals surface area contributed by atoms with E-state index < -0.39 is 0 Å². The summed E-state index contributed by atoms with van der Waals surface area (Å²) in [6.07, 6.45) is 0.704. The predicted molar refractivity (Wildman–Crippen MR) is 72.9 cm³/mol. The van der Waals surface area contributed by atoms with Crippen molar-refractivity contribution < 1.29 is 15.0 Å². The molecule has 0 radical (unpaired) electrons. The number of aliphatic hydroxyl groups is 2. The second-order valence-corrected chi connectivity index (χ2v) is 4.71. The molecule has 1 unspecified atom stereocenters. The number of nitrogens with one attached hydrogen (secondary N) is 1. The van der Waals surface area contributed by atoms with Crippen LogP contribution in [0.25, 0.3) is 0 Å². The highest BCUT2D eigenvalue weighted by atomic mass is 16.3. The number of anilines is 1. The molecular formula is C14H20N2O3. The summed E-state index contributed by atoms with van der Waals surface area (Å²) in [5.74, 6) is -0.141. The van der Waals surface area contributed by atoms with Crippen LogP contribution in [0.4, 0.5) is 5.69 Å². The molecule has 3 N–H and O–H groups in total. The highest BCUT2D eigenvalue weighted by Gasteiger charge is 2.27. The molecule has 0 saturated heterocycles. The van der Waals surface area contributed by atoms with Gasteiger partial charge in [-0.25, -0.2) is 0 Å². The number of fused-ring (bicyclic) bond motifs is 1. The van der Waals surface area contributed by atoms with Gasteiger partial charge < -0.3 is 20.4 Å². The molecule has 19 heavy (non-hydrogen) atoms. The summed E-state index contributed by atoms with van der Waals surface area (Å²) in [7, 11) is 0. The van der Waals surface area contributed by atoms with E-state index in [1.54, 1.807) is 0 Å². The Kier molecular flexibility index (Phi) is 4.76. The van der Waals surface area contributed by atoms with Crippen LogP contribution in [-0.2, 0) is 11.2 Å². The SMILES string of the molecule is O=C(C1CNc2ccccc2C1)N(CCO)CCO. The first-order valence-corrected chi connectivity index (χ1v) is 6.58. The lowest BCUT2D eigenvalue weighted by Crippen LogP contribution is -2.43. The maximum atomic E-state index is 12.4. The van der Waals surface area contributed by atoms with Gasteiger partial charge in [0.2, 0.25) is 5.91 Å². The second kappa shape index (κ2) is 6.54. The topological polar surface area (TPSA) is 72.8 Å². The first-order chi connectivity index (χ1) is 9.26. The molecule has 1 aliphatic heterocycles. The first kappa shape index (κ1) is 13.8. The van der Waals surface area contributed by atoms with E-state index in [2.05, 4.69) is 5.32 Å². The predicted octanol–water partition coefficient (Wildman–Crippen LogP) is 0.0840. The van der Waals surface area contributed by atoms with E-state index in [9.17, 15) is 4.79 Å². The number of hydrogen-bond acceptors (Lipinski definition) is 4. The van der Waals surface area contributed by atoms with Crippen molar-refractivity contribution in [1.29, 1.82) is 0 Å². The minimum Gasteiger partial charge on any atom is -0.395 e. The van der Waals surface area contributed by atoms with Gasteiger partial charge in [0.05, 0.1) is 19.1 Å². The quantitative estimate of drug-likeness (QED) is 0.704. The Morgan fingerprint density at radius 2 is 1.95 bits per heavy atom. The van der Waals surface area contributed by atoms with Gasteiger partial charge in [0.1, 0.15) is 0 Å². The number of para-hydroxylation sites is 1. The van der Waals surface area contributed by atoms with Crippen LogP contribution in [0.2, 0.25) is 0 Å². The minimum atomic E-state index is -0.131. The van der Waals surface area contributed by atoms with Crippen LogP contribution in [0.1, 0.15) is 5.56 Å². The van der Waals surface area contributed by atoms with Crippen molar-refractivity contribution in [1.82, 2.24) is 4.90 Å². The van der Waals surface area contributed by atoms with E-state index in [0.29, 0.717) is 13.0 Å². The van der Waals surface area contributed by atoms with E-state index in [0.717, 1.165) is 11.3 Å². The number of benzene rings is 1. The van der Waals surface area contributed by atoms with Gasteiger partial charge in [0, 0.05) is 25.3 Å². The number of nitrogens with zero attached hydrogens (tertiary/aromatic N) is 1. The molecule has 0 saturated carbocycles. The molecule has 0 aliphatic carbocycles. The van der Waals surface area contributed by atoms with Crippen molar-refractivity contribution >= 4 is 11.6 Å². The summed E-state index contributed by atoms with van der Waals surface area (Å²) in [5.41, 5.74) is 2.22. The number of hydrogen-bond donors (Lipinski definition) is 3. The molecule has 1 atom stereocenters. The molecule has 5 heteroatoms. The summed E-state index contributed by atoms with van der Waals surface area (Å²) in [5, 5.41) is 21.2. The van der Waals surface area contributed by atoms with Crippen LogP contribution in [0.3, 0.4) is 0 Å². The molecule has 0 bridgehead atoms. The van der Waals surface area contributed by atoms with Gasteiger partial charge >= 0.3 is 0 Å². The third-order valence-electron chi connectivity index (χ3n) is 3.42. The van der Waals surface area contributed by atoms with Gasteiger partial charge in [-0.2, -0.15) is 0 Å². The summed E-state index contributed by atoms with van der Waals surface area (Å²) >= 11 is 0. The molecule has 1 aliphatic rings. The smallest absolute Gasteiger partial charge is 0.227 e. The van der Waals surface area contributed by atoms with Crippen LogP contribution in [0.5, 0.6) is 0 Å². The Balaban J connectivity index is 2.04. The number of carbonyl (C=O) groups excluding carboxylic acids is 1. The average Bonchev–Trinajstić information content (AvgIpc) is 2.46. The molecule has 5 nitrogen and oxygen atoms in total. The van der Waals surface area contributed by atoms with Crippen LogP contribution in [-0.4, -0.2) is 53.9 Å². The van der Waals surface area contributed by atoms with E-state index in [1.807, 2.05) is 24.3 Å². The van der Waals surface area contributed by atoms with E-state index in [1.165, 1.54) is 4.90 Å². The Hall–Kier alpha value is -1.59. The third kappa shape index (κ3) is 3.24. The molecule has 1 heterocycles. The fourth-order valence-corrected chi connectivity index (χ4v) is 2.45. The van der Waals surface area contributed by atoms with Crippen molar-refractivity contribution in [3.05, 3.63) is 29.8 Å². The van der Waals surface area contributed by atoms with Crippen LogP contribution in [0, 0.1) is 5.92 Å². The maximum Gasteiger partial charge on any atom is 0.227 e. The lowest BCUT2D eigenvalue weighted by atomic mass is 9.93. The largest absolute Gasteiger partial charge is 0.395 e. The number of carbonyl (C=O) groups is 1. The lowest BCUT2D eigenvalue weighted by Gasteiger charge is -2.30. The highest BCUT2D eigenvalue weighted by Crippen LogP contribution is 2.25. The summed E-state index contributed by atoms with van der Waals surface area (Å²) in [4.78, 5) is 13.9. The van der Waals surface area contributed by atoms with E-state index in [4.69, 9.17) is 10.2 Å². The molecule has 1 aromatic rings. The Morgan fingerprint density at radius 1 is 1.26 bits per heavy atom. The fourth-order valence-electron chi connectivity index (χ4n) is 2.45. The van der Waals surface area contributed by atoms with Crippen molar-refractivity contribution in [2.45, 2.75) is 6.42 Å². The van der Waals surface area contributed by atoms with E-state index in [-0.39, 0.29) is 38.1 Å². The normalized spacial score (nSPS) is 17.5. The van der Waals surface area contributed by atoms with Gasteiger partial charge in [-0.15, -0.1) is 0 Å². The summed E-state index contributed by atoms with van der Waals surface area (Å²) in [6, 6.07) is 7.96. The fraction of sp³-hybridized carbons (Fsp3) is 0.500. The van der Waals surface area contributed by atoms with Gasteiger partial charge in [0.25, 0.3) is 0 Å². The molecule has 2 rings (SSSR count). The van der Waals surface area contributed by atoms with E-state index >= 15 is 0 Å². The molecule has 1 aromatic carbocycles. The maximum absolute atomic E-state index is 12.4. The molecule has 0 spiro atoms. The van der Waals surface area contributed by atoms with Gasteiger partial charge in [-0.05, 0) is 18.1 Å². The Bertz CT molecular complexity index is 430. The summed E-state index contributed by atoms with van der Waals surface area (Å²) < 4.78 is 0. The molecule has 1 amide bonds. The Morgan fingerprint density at radius 3 is 2.63 bits per heavy atom. The van der Waals surface area contributed by atoms with Gasteiger partial charge in [-0.3, -0.25) is 4.79 Å². The van der Waals surface area contributed by atoms with Crippen molar-refractivity contribution in [2.75, 3.05) is 38.2 Å². The zero-order chi connectivity index (χ0) is 13.7. The number of amides is 1. The second-order valence-electron chi connectivity index (χ2n) is 4.71. The first-order valence-electron chi connectivity index (χ1n) is 6.58. The van der Waals surface area contributed by atoms with Crippen molar-refractivity contribution in [2.24, 2.45) is 5.92 Å². The minimum absolute atomic E-state index is 0.00916. The molecule has 104 valence electrons. The van der Waals surface area contributed by atoms with Crippen molar-refractivity contribution in [3.8, 4) is 0 Å². The average molecular weight is 264 g/mol. The highest BCUT2D eigenvalue weighted by molar-refractivity contribution is 5.81. The number of rotatable bonds is 5. The molecular weight excluding hydrogens is 244 g/mol. The number of aliphatic hydroxyl groups excluding tert-OH is 2. The van der Waals surface area contributed by atoms with Gasteiger partial charge in [-0.1, -0.05) is 18.2 Å². The standard InChI is InChI=1S/C14H20N2O3/c17-7-5-16(6-8-18)14(19)12-9-11-3-1-2-4-13(11)15-10-12/h1-4,12,15,17-18H,5-10H2. The van der Waals surface area contributed by atoms with Crippen LogP contribution < -0.4 is 5.32 Å². The van der Waals surface area contributed by atoms with Crippen LogP contribution >= 0.6 is 0 Å². The molecule has 0 fully saturated rings. The zero-order valence-electron chi connectivity index (χ0n) is 10.9. The van der Waals surface area contributed by atoms with Gasteiger partial charge in [0.15, 0.2) is 0 Å². The van der Waals surface area contributed by atoms with Crippen LogP contribution in [0.15, 0.2) is 24.3 Å². The monoisotopic (exact) mass is 264 g/mol. The molecule has 0 aromatic heterocycles. The third-order valence-corrected chi connectivity index (χ3v) is 3.42. The summed E-state index contributed by atoms with van der Waals surface area (Å²) in [6.45, 7) is 0.989.